The molecule has 0 aliphatic heterocycles. The predicted molar refractivity (Wildman–Crippen MR) is 78.9 cm³/mol. The van der Waals surface area contributed by atoms with E-state index in [4.69, 9.17) is 0 Å². The van der Waals surface area contributed by atoms with Crippen LogP contribution in [-0.4, -0.2) is 5.11 Å². The third-order valence-corrected chi connectivity index (χ3v) is 3.90. The molecule has 1 atom stereocenters. The number of aliphatic hydroxyl groups is 1. The van der Waals surface area contributed by atoms with E-state index in [2.05, 4.69) is 34.1 Å². The molecule has 0 aliphatic carbocycles. The molecule has 2 heteroatoms. The summed E-state index contributed by atoms with van der Waals surface area (Å²) >= 11 is 3.51. The summed E-state index contributed by atoms with van der Waals surface area (Å²) in [5.41, 5.74) is 5.32. The molecular weight excluding hydrogens is 288 g/mol. The molecule has 18 heavy (non-hydrogen) atoms. The predicted octanol–water partition coefficient (Wildman–Crippen LogP) is 4.46. The van der Waals surface area contributed by atoms with Gasteiger partial charge in [-0.25, -0.2) is 0 Å². The van der Waals surface area contributed by atoms with E-state index in [0.717, 1.165) is 26.7 Å². The summed E-state index contributed by atoms with van der Waals surface area (Å²) in [6.07, 6.45) is -0.584. The van der Waals surface area contributed by atoms with Crippen molar-refractivity contribution in [2.24, 2.45) is 0 Å². The lowest BCUT2D eigenvalue weighted by atomic mass is 9.95. The van der Waals surface area contributed by atoms with Crippen molar-refractivity contribution in [1.82, 2.24) is 0 Å². The number of halogens is 1. The molecule has 1 N–H and O–H groups in total. The van der Waals surface area contributed by atoms with E-state index in [1.807, 2.05) is 39.0 Å². The van der Waals surface area contributed by atoms with Crippen LogP contribution in [0.15, 0.2) is 40.9 Å². The fraction of sp³-hybridized carbons (Fsp3) is 0.250. The number of rotatable bonds is 2. The molecule has 0 heterocycles. The smallest absolute Gasteiger partial charge is 0.105 e. The van der Waals surface area contributed by atoms with Gasteiger partial charge in [-0.3, -0.25) is 0 Å². The highest BCUT2D eigenvalue weighted by atomic mass is 79.9. The molecule has 1 nitrogen and oxygen atoms in total. The first-order valence-electron chi connectivity index (χ1n) is 6.00. The lowest BCUT2D eigenvalue weighted by Gasteiger charge is -2.17. The van der Waals surface area contributed by atoms with Crippen LogP contribution in [0, 0.1) is 20.8 Å². The van der Waals surface area contributed by atoms with Crippen LogP contribution in [0.4, 0.5) is 0 Å². The molecular formula is C16H17BrO. The highest BCUT2D eigenvalue weighted by Gasteiger charge is 2.16. The molecule has 0 aliphatic rings. The topological polar surface area (TPSA) is 20.2 Å². The molecule has 0 saturated carbocycles. The molecule has 2 rings (SSSR count). The Kier molecular flexibility index (Phi) is 3.88. The Morgan fingerprint density at radius 1 is 0.889 bits per heavy atom. The first-order chi connectivity index (χ1) is 8.49. The van der Waals surface area contributed by atoms with Crippen molar-refractivity contribution < 1.29 is 5.11 Å². The van der Waals surface area contributed by atoms with E-state index in [1.54, 1.807) is 0 Å². The SMILES string of the molecule is Cc1ccc(C)c(C(O)c2cc(C)ccc2Br)c1. The van der Waals surface area contributed by atoms with Gasteiger partial charge in [-0.05, 0) is 43.5 Å². The van der Waals surface area contributed by atoms with E-state index in [1.165, 1.54) is 5.56 Å². The maximum Gasteiger partial charge on any atom is 0.105 e. The van der Waals surface area contributed by atoms with Gasteiger partial charge in [0.1, 0.15) is 6.10 Å². The second-order valence-corrected chi connectivity index (χ2v) is 5.64. The van der Waals surface area contributed by atoms with Crippen molar-refractivity contribution in [2.45, 2.75) is 26.9 Å². The Bertz CT molecular complexity index is 524. The first kappa shape index (κ1) is 13.3. The molecule has 2 aromatic carbocycles. The molecule has 1 unspecified atom stereocenters. The van der Waals surface area contributed by atoms with Crippen LogP contribution < -0.4 is 0 Å². The average Bonchev–Trinajstić information content (AvgIpc) is 2.34. The zero-order valence-electron chi connectivity index (χ0n) is 10.9. The summed E-state index contributed by atoms with van der Waals surface area (Å²) in [5.74, 6) is 0. The van der Waals surface area contributed by atoms with Gasteiger partial charge >= 0.3 is 0 Å². The minimum absolute atomic E-state index is 0.584. The van der Waals surface area contributed by atoms with Gasteiger partial charge in [-0.2, -0.15) is 0 Å². The Morgan fingerprint density at radius 3 is 2.11 bits per heavy atom. The summed E-state index contributed by atoms with van der Waals surface area (Å²) in [4.78, 5) is 0. The lowest BCUT2D eigenvalue weighted by Crippen LogP contribution is -2.03. The van der Waals surface area contributed by atoms with Crippen LogP contribution >= 0.6 is 15.9 Å². The first-order valence-corrected chi connectivity index (χ1v) is 6.79. The van der Waals surface area contributed by atoms with E-state index in [-0.39, 0.29) is 0 Å². The average molecular weight is 305 g/mol. The summed E-state index contributed by atoms with van der Waals surface area (Å²) in [6.45, 7) is 6.11. The van der Waals surface area contributed by atoms with Crippen molar-refractivity contribution in [3.8, 4) is 0 Å². The van der Waals surface area contributed by atoms with Crippen molar-refractivity contribution in [3.05, 3.63) is 68.7 Å². The van der Waals surface area contributed by atoms with Crippen LogP contribution in [0.5, 0.6) is 0 Å². The van der Waals surface area contributed by atoms with Gasteiger partial charge in [-0.15, -0.1) is 0 Å². The molecule has 0 fully saturated rings. The Labute approximate surface area is 117 Å². The molecule has 0 saturated heterocycles. The van der Waals surface area contributed by atoms with Crippen LogP contribution in [-0.2, 0) is 0 Å². The minimum atomic E-state index is -0.584. The van der Waals surface area contributed by atoms with Gasteiger partial charge < -0.3 is 5.11 Å². The van der Waals surface area contributed by atoms with Gasteiger partial charge in [0, 0.05) is 4.47 Å². The fourth-order valence-electron chi connectivity index (χ4n) is 2.09. The second kappa shape index (κ2) is 5.25. The van der Waals surface area contributed by atoms with Crippen LogP contribution in [0.3, 0.4) is 0 Å². The van der Waals surface area contributed by atoms with E-state index >= 15 is 0 Å². The highest BCUT2D eigenvalue weighted by molar-refractivity contribution is 9.10. The van der Waals surface area contributed by atoms with Gasteiger partial charge in [0.2, 0.25) is 0 Å². The quantitative estimate of drug-likeness (QED) is 0.868. The third kappa shape index (κ3) is 2.65. The second-order valence-electron chi connectivity index (χ2n) is 4.79. The van der Waals surface area contributed by atoms with Crippen molar-refractivity contribution >= 4 is 15.9 Å². The van der Waals surface area contributed by atoms with Gasteiger partial charge in [-0.1, -0.05) is 57.4 Å². The van der Waals surface area contributed by atoms with Crippen LogP contribution in [0.1, 0.15) is 33.9 Å². The maximum atomic E-state index is 10.6. The lowest BCUT2D eigenvalue weighted by molar-refractivity contribution is 0.218. The monoisotopic (exact) mass is 304 g/mol. The summed E-state index contributed by atoms with van der Waals surface area (Å²) in [5, 5.41) is 10.6. The van der Waals surface area contributed by atoms with E-state index < -0.39 is 6.10 Å². The molecule has 0 aromatic heterocycles. The Balaban J connectivity index is 2.50. The zero-order chi connectivity index (χ0) is 13.3. The molecule has 2 aromatic rings. The van der Waals surface area contributed by atoms with Gasteiger partial charge in [0.25, 0.3) is 0 Å². The van der Waals surface area contributed by atoms with Crippen molar-refractivity contribution in [1.29, 1.82) is 0 Å². The number of hydrogen-bond acceptors (Lipinski definition) is 1. The zero-order valence-corrected chi connectivity index (χ0v) is 12.5. The Morgan fingerprint density at radius 2 is 1.44 bits per heavy atom. The number of hydrogen-bond donors (Lipinski definition) is 1. The van der Waals surface area contributed by atoms with Crippen LogP contribution in [0.25, 0.3) is 0 Å². The maximum absolute atomic E-state index is 10.6. The molecule has 0 radical (unpaired) electrons. The van der Waals surface area contributed by atoms with Crippen LogP contribution in [0.2, 0.25) is 0 Å². The standard InChI is InChI=1S/C16H17BrO/c1-10-4-6-12(3)13(8-10)16(18)14-9-11(2)5-7-15(14)17/h4-9,16,18H,1-3H3. The fourth-order valence-corrected chi connectivity index (χ4v) is 2.56. The summed E-state index contributed by atoms with van der Waals surface area (Å²) in [7, 11) is 0. The molecule has 0 spiro atoms. The van der Waals surface area contributed by atoms with Crippen molar-refractivity contribution in [3.63, 3.8) is 0 Å². The normalized spacial score (nSPS) is 12.5. The Hall–Kier alpha value is -1.12. The van der Waals surface area contributed by atoms with Crippen molar-refractivity contribution in [2.75, 3.05) is 0 Å². The molecule has 0 bridgehead atoms. The molecule has 0 amide bonds. The highest BCUT2D eigenvalue weighted by Crippen LogP contribution is 2.31. The number of aryl methyl sites for hydroxylation is 3. The number of aliphatic hydroxyl groups excluding tert-OH is 1. The summed E-state index contributed by atoms with van der Waals surface area (Å²) < 4.78 is 0.946. The number of benzene rings is 2. The molecule has 94 valence electrons. The minimum Gasteiger partial charge on any atom is -0.384 e. The largest absolute Gasteiger partial charge is 0.384 e. The summed E-state index contributed by atoms with van der Waals surface area (Å²) in [6, 6.07) is 12.2. The van der Waals surface area contributed by atoms with Gasteiger partial charge in [0.15, 0.2) is 0 Å². The van der Waals surface area contributed by atoms with E-state index in [0.29, 0.717) is 0 Å². The van der Waals surface area contributed by atoms with Gasteiger partial charge in [0.05, 0.1) is 0 Å². The third-order valence-electron chi connectivity index (χ3n) is 3.18. The van der Waals surface area contributed by atoms with E-state index in [9.17, 15) is 5.11 Å².